The van der Waals surface area contributed by atoms with Crippen LogP contribution in [0.1, 0.15) is 192 Å². The molecule has 0 amide bonds. The molecule has 0 unspecified atom stereocenters. The van der Waals surface area contributed by atoms with Crippen molar-refractivity contribution in [1.29, 1.82) is 0 Å². The molecule has 2 aliphatic heterocycles. The number of aryl methyl sites for hydroxylation is 2. The van der Waals surface area contributed by atoms with E-state index in [0.717, 1.165) is 37.8 Å². The number of rotatable bonds is 5. The summed E-state index contributed by atoms with van der Waals surface area (Å²) in [5, 5.41) is 2.73. The number of benzene rings is 8. The quantitative estimate of drug-likeness (QED) is 0.159. The second kappa shape index (κ2) is 18.0. The molecule has 422 valence electrons. The smallest absolute Gasteiger partial charge is 0.252 e. The zero-order chi connectivity index (χ0) is 58.5. The predicted molar refractivity (Wildman–Crippen MR) is 362 cm³/mol. The molecule has 3 aliphatic carbocycles. The Morgan fingerprint density at radius 3 is 1.40 bits per heavy atom. The number of nitrogens with zero attached hydrogens (tertiary/aromatic N) is 3. The van der Waals surface area contributed by atoms with E-state index < -0.39 is 0 Å². The molecule has 9 aromatic rings. The molecular weight excluding hydrogens is 1020 g/mol. The first kappa shape index (κ1) is 54.4. The Bertz CT molecular complexity index is 4160. The number of anilines is 9. The number of hydrogen-bond donors (Lipinski definition) is 0. The summed E-state index contributed by atoms with van der Waals surface area (Å²) < 4.78 is 2.68. The van der Waals surface area contributed by atoms with Gasteiger partial charge in [-0.25, -0.2) is 0 Å². The van der Waals surface area contributed by atoms with Crippen LogP contribution in [-0.4, -0.2) is 6.71 Å². The van der Waals surface area contributed by atoms with Crippen LogP contribution < -0.4 is 31.1 Å². The van der Waals surface area contributed by atoms with Gasteiger partial charge in [0.05, 0.1) is 16.1 Å². The van der Waals surface area contributed by atoms with Crippen LogP contribution in [0.2, 0.25) is 0 Å². The van der Waals surface area contributed by atoms with Gasteiger partial charge in [-0.1, -0.05) is 183 Å². The van der Waals surface area contributed by atoms with E-state index in [2.05, 4.69) is 272 Å². The lowest BCUT2D eigenvalue weighted by Crippen LogP contribution is -2.62. The first-order valence-corrected chi connectivity index (χ1v) is 32.1. The highest BCUT2D eigenvalue weighted by atomic mass is 32.1. The van der Waals surface area contributed by atoms with Crippen molar-refractivity contribution < 1.29 is 0 Å². The molecule has 0 atom stereocenters. The molecule has 1 aromatic heterocycles. The Kier molecular flexibility index (Phi) is 11.8. The van der Waals surface area contributed by atoms with E-state index >= 15 is 0 Å². The normalized spacial score (nSPS) is 19.1. The van der Waals surface area contributed by atoms with E-state index in [0.29, 0.717) is 0 Å². The highest BCUT2D eigenvalue weighted by Crippen LogP contribution is 2.57. The molecule has 14 rings (SSSR count). The van der Waals surface area contributed by atoms with Gasteiger partial charge in [0.1, 0.15) is 0 Å². The van der Waals surface area contributed by atoms with Crippen LogP contribution in [0.25, 0.3) is 20.2 Å². The third-order valence-electron chi connectivity index (χ3n) is 21.6. The number of para-hydroxylation sites is 2. The molecule has 0 radical (unpaired) electrons. The second-order valence-electron chi connectivity index (χ2n) is 31.0. The van der Waals surface area contributed by atoms with Crippen LogP contribution in [-0.2, 0) is 37.9 Å². The molecule has 5 aliphatic rings. The topological polar surface area (TPSA) is 9.72 Å². The maximum Gasteiger partial charge on any atom is 0.252 e. The summed E-state index contributed by atoms with van der Waals surface area (Å²) in [6.07, 6.45) is 6.94. The maximum atomic E-state index is 2.79. The molecule has 3 nitrogen and oxygen atoms in total. The van der Waals surface area contributed by atoms with Crippen molar-refractivity contribution in [3.05, 3.63) is 190 Å². The minimum Gasteiger partial charge on any atom is -0.311 e. The Labute approximate surface area is 501 Å². The van der Waals surface area contributed by atoms with Gasteiger partial charge in [0.25, 0.3) is 6.71 Å². The van der Waals surface area contributed by atoms with Crippen molar-refractivity contribution in [2.75, 3.05) is 14.7 Å². The molecule has 83 heavy (non-hydrogen) atoms. The highest BCUT2D eigenvalue weighted by Gasteiger charge is 2.50. The fourth-order valence-electron chi connectivity index (χ4n) is 16.1. The zero-order valence-corrected chi connectivity index (χ0v) is 53.7. The van der Waals surface area contributed by atoms with Gasteiger partial charge < -0.3 is 14.7 Å². The SMILES string of the molecule is Cc1ccccc1N(c1cc2c3c(c1)N(c1ccc(C(C)(C)C)c4c1sc1ccccc14)c1cc4c(cc1B3c1cc3c(cc1N2c1ccc2c(c1)C(C)(C)CCC2(C)C)C(C)(C)CCC3(C)C)C(C)(C)CCC4(C)C)c1ccccc1C. The minimum atomic E-state index is -0.0782. The molecule has 0 bridgehead atoms. The van der Waals surface area contributed by atoms with Crippen molar-refractivity contribution >= 4 is 106 Å². The average Bonchev–Trinajstić information content (AvgIpc) is 0.963. The average molecular weight is 1110 g/mol. The van der Waals surface area contributed by atoms with E-state index in [-0.39, 0.29) is 44.6 Å². The first-order valence-electron chi connectivity index (χ1n) is 31.3. The maximum absolute atomic E-state index is 2.79. The molecule has 3 heterocycles. The van der Waals surface area contributed by atoms with Crippen molar-refractivity contribution in [3.8, 4) is 0 Å². The molecule has 0 saturated heterocycles. The van der Waals surface area contributed by atoms with Crippen LogP contribution in [0.4, 0.5) is 51.2 Å². The van der Waals surface area contributed by atoms with Crippen LogP contribution in [0.15, 0.2) is 140 Å². The van der Waals surface area contributed by atoms with Gasteiger partial charge in [0.15, 0.2) is 0 Å². The van der Waals surface area contributed by atoms with Gasteiger partial charge in [-0.15, -0.1) is 11.3 Å². The van der Waals surface area contributed by atoms with E-state index in [9.17, 15) is 0 Å². The molecule has 0 N–H and O–H groups in total. The standard InChI is InChI=1S/C78H86BN3S/c1-47-24-18-21-27-61(47)81(62-28-22-19-25-48(62)2)50-41-66-70-67(42-50)82(63-33-32-53(72(3,4)5)69-51-26-20-23-29-68(51)83-71(63)69)65-46-58-56(76(12,13)37-39-78(58,16)17)44-60(65)79(70)59-43-55-57(77(14,15)38-36-75(55,10)11)45-64(59)80(66)49-30-31-52-54(40-49)74(8,9)35-34-73(52,6)7/h18-33,40-46H,34-39H2,1-17H3. The van der Waals surface area contributed by atoms with Crippen molar-refractivity contribution in [2.24, 2.45) is 0 Å². The molecule has 5 heteroatoms. The molecule has 0 spiro atoms. The van der Waals surface area contributed by atoms with Crippen LogP contribution in [0, 0.1) is 13.8 Å². The number of fused-ring (bicyclic) bond motifs is 10. The van der Waals surface area contributed by atoms with Gasteiger partial charge in [-0.3, -0.25) is 0 Å². The van der Waals surface area contributed by atoms with Gasteiger partial charge in [-0.05, 0) is 217 Å². The van der Waals surface area contributed by atoms with Crippen LogP contribution in [0.3, 0.4) is 0 Å². The Morgan fingerprint density at radius 2 is 0.880 bits per heavy atom. The lowest BCUT2D eigenvalue weighted by atomic mass is 9.32. The third kappa shape index (κ3) is 8.15. The van der Waals surface area contributed by atoms with E-state index in [1.54, 1.807) is 0 Å². The van der Waals surface area contributed by atoms with Crippen LogP contribution >= 0.6 is 11.3 Å². The van der Waals surface area contributed by atoms with Crippen molar-refractivity contribution in [1.82, 2.24) is 0 Å². The number of thiophene rings is 1. The summed E-state index contributed by atoms with van der Waals surface area (Å²) in [7, 11) is 0. The fourth-order valence-corrected chi connectivity index (χ4v) is 17.4. The van der Waals surface area contributed by atoms with Crippen LogP contribution in [0.5, 0.6) is 0 Å². The van der Waals surface area contributed by atoms with E-state index in [1.165, 1.54) is 139 Å². The van der Waals surface area contributed by atoms with Gasteiger partial charge in [-0.2, -0.15) is 0 Å². The fraction of sp³-hybridized carbons (Fsp3) is 0.385. The van der Waals surface area contributed by atoms with Crippen molar-refractivity contribution in [2.45, 2.75) is 194 Å². The van der Waals surface area contributed by atoms with Gasteiger partial charge in [0.2, 0.25) is 0 Å². The lowest BCUT2D eigenvalue weighted by molar-refractivity contribution is 0.332. The molecular formula is C78H86BN3S. The monoisotopic (exact) mass is 1110 g/mol. The Balaban J connectivity index is 1.20. The summed E-state index contributed by atoms with van der Waals surface area (Å²) in [6, 6.07) is 56.1. The molecule has 0 fully saturated rings. The van der Waals surface area contributed by atoms with Gasteiger partial charge in [0, 0.05) is 55.3 Å². The lowest BCUT2D eigenvalue weighted by Gasteiger charge is -2.49. The summed E-state index contributed by atoms with van der Waals surface area (Å²) in [6.45, 7) is 41.8. The summed E-state index contributed by atoms with van der Waals surface area (Å²) in [4.78, 5) is 8.15. The van der Waals surface area contributed by atoms with Crippen molar-refractivity contribution in [3.63, 3.8) is 0 Å². The summed E-state index contributed by atoms with van der Waals surface area (Å²) >= 11 is 1.97. The second-order valence-corrected chi connectivity index (χ2v) is 32.1. The number of hydrogen-bond acceptors (Lipinski definition) is 4. The van der Waals surface area contributed by atoms with E-state index in [4.69, 9.17) is 0 Å². The summed E-state index contributed by atoms with van der Waals surface area (Å²) in [5.41, 5.74) is 28.3. The predicted octanol–water partition coefficient (Wildman–Crippen LogP) is 20.6. The largest absolute Gasteiger partial charge is 0.311 e. The first-order chi connectivity index (χ1) is 39.1. The zero-order valence-electron chi connectivity index (χ0n) is 52.8. The minimum absolute atomic E-state index is 0.00147. The third-order valence-corrected chi connectivity index (χ3v) is 22.8. The van der Waals surface area contributed by atoms with Gasteiger partial charge >= 0.3 is 0 Å². The summed E-state index contributed by atoms with van der Waals surface area (Å²) in [5.74, 6) is 0. The Hall–Kier alpha value is -6.56. The highest BCUT2D eigenvalue weighted by molar-refractivity contribution is 7.26. The molecule has 0 saturated carbocycles. The van der Waals surface area contributed by atoms with E-state index in [1.807, 2.05) is 11.3 Å². The Morgan fingerprint density at radius 1 is 0.434 bits per heavy atom. The molecule has 8 aromatic carbocycles.